The lowest BCUT2D eigenvalue weighted by molar-refractivity contribution is -0.115. The zero-order valence-corrected chi connectivity index (χ0v) is 14.2. The van der Waals surface area contributed by atoms with Crippen LogP contribution in [0.2, 0.25) is 10.0 Å². The number of sulfone groups is 1. The van der Waals surface area contributed by atoms with Gasteiger partial charge in [0.15, 0.2) is 9.84 Å². The van der Waals surface area contributed by atoms with Gasteiger partial charge in [0.25, 0.3) is 0 Å². The van der Waals surface area contributed by atoms with E-state index in [1.165, 1.54) is 0 Å². The Labute approximate surface area is 143 Å². The SMILES string of the molecule is NC(=O)CS(=O)(=O)Cc1ccc(Oc2cccc(Cl)c2Cl)cc1. The molecular formula is C15H13Cl2NO4S. The van der Waals surface area contributed by atoms with Crippen LogP contribution in [0.5, 0.6) is 11.5 Å². The number of halogens is 2. The van der Waals surface area contributed by atoms with Gasteiger partial charge in [0.2, 0.25) is 5.91 Å². The third-order valence-electron chi connectivity index (χ3n) is 2.82. The normalized spacial score (nSPS) is 11.2. The Bertz CT molecular complexity index is 820. The van der Waals surface area contributed by atoms with Crippen molar-refractivity contribution in [3.05, 3.63) is 58.1 Å². The molecule has 0 bridgehead atoms. The lowest BCUT2D eigenvalue weighted by atomic mass is 10.2. The largest absolute Gasteiger partial charge is 0.456 e. The molecule has 2 N–H and O–H groups in total. The van der Waals surface area contributed by atoms with E-state index in [1.807, 2.05) is 0 Å². The number of benzene rings is 2. The fourth-order valence-corrected chi connectivity index (χ4v) is 3.43. The number of amides is 1. The summed E-state index contributed by atoms with van der Waals surface area (Å²) in [6, 6.07) is 11.4. The van der Waals surface area contributed by atoms with Gasteiger partial charge >= 0.3 is 0 Å². The standard InChI is InChI=1S/C15H13Cl2NO4S/c16-12-2-1-3-13(15(12)17)22-11-6-4-10(5-7-11)8-23(20,21)9-14(18)19/h1-7H,8-9H2,(H2,18,19). The summed E-state index contributed by atoms with van der Waals surface area (Å²) in [6.45, 7) is 0. The molecular weight excluding hydrogens is 361 g/mol. The van der Waals surface area contributed by atoms with Gasteiger partial charge in [-0.3, -0.25) is 4.79 Å². The van der Waals surface area contributed by atoms with Gasteiger partial charge in [-0.2, -0.15) is 0 Å². The van der Waals surface area contributed by atoms with Crippen molar-refractivity contribution >= 4 is 38.9 Å². The van der Waals surface area contributed by atoms with Crippen LogP contribution in [0.15, 0.2) is 42.5 Å². The van der Waals surface area contributed by atoms with Crippen molar-refractivity contribution in [1.29, 1.82) is 0 Å². The molecule has 0 saturated carbocycles. The van der Waals surface area contributed by atoms with Gasteiger partial charge < -0.3 is 10.5 Å². The second-order valence-electron chi connectivity index (χ2n) is 4.80. The number of rotatable bonds is 6. The van der Waals surface area contributed by atoms with Crippen molar-refractivity contribution in [3.63, 3.8) is 0 Å². The third kappa shape index (κ3) is 5.13. The topological polar surface area (TPSA) is 86.5 Å². The molecule has 0 aliphatic heterocycles. The van der Waals surface area contributed by atoms with Crippen LogP contribution in [0.25, 0.3) is 0 Å². The summed E-state index contributed by atoms with van der Waals surface area (Å²) in [6.07, 6.45) is 0. The molecule has 0 aliphatic carbocycles. The minimum Gasteiger partial charge on any atom is -0.456 e. The van der Waals surface area contributed by atoms with E-state index in [2.05, 4.69) is 0 Å². The number of carbonyl (C=O) groups excluding carboxylic acids is 1. The Morgan fingerprint density at radius 1 is 1.09 bits per heavy atom. The maximum Gasteiger partial charge on any atom is 0.232 e. The average Bonchev–Trinajstić information content (AvgIpc) is 2.44. The van der Waals surface area contributed by atoms with Crippen molar-refractivity contribution in [2.75, 3.05) is 5.75 Å². The molecule has 0 atom stereocenters. The first kappa shape index (κ1) is 17.6. The molecule has 0 radical (unpaired) electrons. The molecule has 0 heterocycles. The molecule has 2 aromatic rings. The van der Waals surface area contributed by atoms with Crippen LogP contribution in [0.4, 0.5) is 0 Å². The highest BCUT2D eigenvalue weighted by atomic mass is 35.5. The Balaban J connectivity index is 2.11. The lowest BCUT2D eigenvalue weighted by Gasteiger charge is -2.09. The predicted octanol–water partition coefficient (Wildman–Crippen LogP) is 3.19. The molecule has 0 saturated heterocycles. The van der Waals surface area contributed by atoms with E-state index in [4.69, 9.17) is 33.7 Å². The first-order valence-corrected chi connectivity index (χ1v) is 9.04. The number of hydrogen-bond donors (Lipinski definition) is 1. The monoisotopic (exact) mass is 373 g/mol. The molecule has 1 amide bonds. The maximum absolute atomic E-state index is 11.7. The summed E-state index contributed by atoms with van der Waals surface area (Å²) in [5.74, 6) is -0.948. The minimum absolute atomic E-state index is 0.270. The summed E-state index contributed by atoms with van der Waals surface area (Å²) in [5, 5.41) is 0.667. The quantitative estimate of drug-likeness (QED) is 0.841. The fraction of sp³-hybridized carbons (Fsp3) is 0.133. The number of primary amides is 1. The summed E-state index contributed by atoms with van der Waals surface area (Å²) in [5.41, 5.74) is 5.43. The van der Waals surface area contributed by atoms with Crippen LogP contribution in [-0.2, 0) is 20.4 Å². The smallest absolute Gasteiger partial charge is 0.232 e. The van der Waals surface area contributed by atoms with E-state index in [9.17, 15) is 13.2 Å². The highest BCUT2D eigenvalue weighted by molar-refractivity contribution is 7.91. The van der Waals surface area contributed by atoms with E-state index >= 15 is 0 Å². The van der Waals surface area contributed by atoms with Gasteiger partial charge in [-0.15, -0.1) is 0 Å². The number of ether oxygens (including phenoxy) is 1. The van der Waals surface area contributed by atoms with Crippen LogP contribution in [0, 0.1) is 0 Å². The van der Waals surface area contributed by atoms with Crippen molar-refractivity contribution in [2.45, 2.75) is 5.75 Å². The van der Waals surface area contributed by atoms with Crippen LogP contribution >= 0.6 is 23.2 Å². The first-order valence-electron chi connectivity index (χ1n) is 6.46. The average molecular weight is 374 g/mol. The van der Waals surface area contributed by atoms with Crippen LogP contribution in [0.3, 0.4) is 0 Å². The Kier molecular flexibility index (Phi) is 5.51. The molecule has 0 aliphatic rings. The van der Waals surface area contributed by atoms with Gasteiger partial charge in [0.05, 0.1) is 10.8 Å². The minimum atomic E-state index is -3.57. The zero-order valence-electron chi connectivity index (χ0n) is 11.8. The van der Waals surface area contributed by atoms with Gasteiger partial charge in [0.1, 0.15) is 22.3 Å². The Morgan fingerprint density at radius 2 is 1.74 bits per heavy atom. The highest BCUT2D eigenvalue weighted by Crippen LogP contribution is 2.34. The van der Waals surface area contributed by atoms with Crippen LogP contribution in [-0.4, -0.2) is 20.1 Å². The van der Waals surface area contributed by atoms with Gasteiger partial charge in [-0.25, -0.2) is 8.42 Å². The first-order chi connectivity index (χ1) is 10.8. The fourth-order valence-electron chi connectivity index (χ4n) is 1.87. The summed E-state index contributed by atoms with van der Waals surface area (Å²) >= 11 is 11.9. The molecule has 0 unspecified atom stereocenters. The van der Waals surface area contributed by atoms with Crippen molar-refractivity contribution in [2.24, 2.45) is 5.73 Å². The molecule has 5 nitrogen and oxygen atoms in total. The maximum atomic E-state index is 11.7. The molecule has 0 spiro atoms. The van der Waals surface area contributed by atoms with Crippen LogP contribution in [0.1, 0.15) is 5.56 Å². The summed E-state index contributed by atoms with van der Waals surface area (Å²) < 4.78 is 29.0. The van der Waals surface area contributed by atoms with Crippen molar-refractivity contribution in [3.8, 4) is 11.5 Å². The van der Waals surface area contributed by atoms with Crippen molar-refractivity contribution in [1.82, 2.24) is 0 Å². The molecule has 23 heavy (non-hydrogen) atoms. The lowest BCUT2D eigenvalue weighted by Crippen LogP contribution is -2.24. The van der Waals surface area contributed by atoms with E-state index in [-0.39, 0.29) is 5.75 Å². The summed E-state index contributed by atoms with van der Waals surface area (Å²) in [4.78, 5) is 10.7. The van der Waals surface area contributed by atoms with Crippen molar-refractivity contribution < 1.29 is 17.9 Å². The van der Waals surface area contributed by atoms with E-state index in [1.54, 1.807) is 42.5 Å². The molecule has 2 rings (SSSR count). The van der Waals surface area contributed by atoms with Crippen LogP contribution < -0.4 is 10.5 Å². The van der Waals surface area contributed by atoms with Gasteiger partial charge in [-0.1, -0.05) is 41.4 Å². The number of carbonyl (C=O) groups is 1. The Hall–Kier alpha value is -1.76. The Morgan fingerprint density at radius 3 is 2.35 bits per heavy atom. The number of hydrogen-bond acceptors (Lipinski definition) is 4. The third-order valence-corrected chi connectivity index (χ3v) is 5.12. The summed E-state index contributed by atoms with van der Waals surface area (Å²) in [7, 11) is -3.57. The second-order valence-corrected chi connectivity index (χ2v) is 7.65. The van der Waals surface area contributed by atoms with E-state index in [0.717, 1.165) is 0 Å². The predicted molar refractivity (Wildman–Crippen MR) is 89.7 cm³/mol. The highest BCUT2D eigenvalue weighted by Gasteiger charge is 2.15. The van der Waals surface area contributed by atoms with Gasteiger partial charge in [0, 0.05) is 0 Å². The molecule has 8 heteroatoms. The van der Waals surface area contributed by atoms with E-state index in [0.29, 0.717) is 27.1 Å². The molecule has 2 aromatic carbocycles. The zero-order chi connectivity index (χ0) is 17.0. The molecule has 0 aromatic heterocycles. The van der Waals surface area contributed by atoms with Gasteiger partial charge in [-0.05, 0) is 29.8 Å². The van der Waals surface area contributed by atoms with E-state index < -0.39 is 21.5 Å². The molecule has 122 valence electrons. The second kappa shape index (κ2) is 7.21. The molecule has 0 fully saturated rings. The number of nitrogens with two attached hydrogens (primary N) is 1.